The fourth-order valence-electron chi connectivity index (χ4n) is 1.56. The number of nitrogens with zero attached hydrogens (tertiary/aromatic N) is 5. The van der Waals surface area contributed by atoms with E-state index in [1.54, 1.807) is 17.1 Å². The molecule has 1 aromatic heterocycles. The molecule has 0 saturated heterocycles. The quantitative estimate of drug-likeness (QED) is 0.636. The zero-order valence-electron chi connectivity index (χ0n) is 9.85. The Hall–Kier alpha value is -2.95. The number of aromatic nitrogens is 3. The highest BCUT2D eigenvalue weighted by molar-refractivity contribution is 5.64. The number of hydrogen-bond acceptors (Lipinski definition) is 6. The molecule has 1 aromatic carbocycles. The molecule has 0 unspecified atom stereocenters. The fourth-order valence-corrected chi connectivity index (χ4v) is 1.56. The van der Waals surface area contributed by atoms with Crippen LogP contribution < -0.4 is 5.32 Å². The summed E-state index contributed by atoms with van der Waals surface area (Å²) in [4.78, 5) is 10.4. The van der Waals surface area contributed by atoms with Crippen LogP contribution in [0.1, 0.15) is 5.56 Å². The van der Waals surface area contributed by atoms with Gasteiger partial charge in [-0.15, -0.1) is 5.10 Å². The van der Waals surface area contributed by atoms with E-state index in [-0.39, 0.29) is 5.69 Å². The molecule has 0 aliphatic carbocycles. The van der Waals surface area contributed by atoms with Crippen molar-refractivity contribution >= 4 is 11.4 Å². The third kappa shape index (κ3) is 3.04. The first-order chi connectivity index (χ1) is 9.20. The van der Waals surface area contributed by atoms with Crippen LogP contribution in [-0.2, 0) is 6.54 Å². The van der Waals surface area contributed by atoms with Crippen molar-refractivity contribution in [1.82, 2.24) is 15.0 Å². The van der Waals surface area contributed by atoms with Gasteiger partial charge in [-0.1, -0.05) is 5.21 Å². The molecule has 0 radical (unpaired) electrons. The normalized spacial score (nSPS) is 9.84. The first kappa shape index (κ1) is 12.5. The van der Waals surface area contributed by atoms with Gasteiger partial charge < -0.3 is 5.32 Å². The molecule has 8 nitrogen and oxygen atoms in total. The molecule has 0 aliphatic rings. The van der Waals surface area contributed by atoms with E-state index in [4.69, 9.17) is 5.26 Å². The van der Waals surface area contributed by atoms with Crippen molar-refractivity contribution in [2.45, 2.75) is 6.54 Å². The van der Waals surface area contributed by atoms with Gasteiger partial charge in [0.05, 0.1) is 29.3 Å². The third-order valence-corrected chi connectivity index (χ3v) is 2.45. The predicted octanol–water partition coefficient (Wildman–Crippen LogP) is 1.17. The Morgan fingerprint density at radius 2 is 2.37 bits per heavy atom. The number of nitro groups is 1. The van der Waals surface area contributed by atoms with Gasteiger partial charge in [-0.25, -0.2) is 0 Å². The summed E-state index contributed by atoms with van der Waals surface area (Å²) in [5.41, 5.74) is 0.635. The lowest BCUT2D eigenvalue weighted by molar-refractivity contribution is -0.384. The highest BCUT2D eigenvalue weighted by atomic mass is 16.6. The molecule has 8 heteroatoms. The van der Waals surface area contributed by atoms with Crippen molar-refractivity contribution in [2.75, 3.05) is 11.9 Å². The van der Waals surface area contributed by atoms with Crippen LogP contribution in [0, 0.1) is 21.4 Å². The zero-order valence-corrected chi connectivity index (χ0v) is 9.85. The molecule has 1 heterocycles. The first-order valence-corrected chi connectivity index (χ1v) is 5.47. The summed E-state index contributed by atoms with van der Waals surface area (Å²) >= 11 is 0. The van der Waals surface area contributed by atoms with Gasteiger partial charge in [0.2, 0.25) is 0 Å². The molecule has 2 aromatic rings. The topological polar surface area (TPSA) is 110 Å². The summed E-state index contributed by atoms with van der Waals surface area (Å²) < 4.78 is 1.60. The number of nitriles is 1. The molecule has 96 valence electrons. The molecule has 0 fully saturated rings. The summed E-state index contributed by atoms with van der Waals surface area (Å²) in [6.45, 7) is 0.965. The molecule has 0 bridgehead atoms. The van der Waals surface area contributed by atoms with Gasteiger partial charge >= 0.3 is 0 Å². The van der Waals surface area contributed by atoms with Crippen molar-refractivity contribution in [1.29, 1.82) is 5.26 Å². The molecule has 19 heavy (non-hydrogen) atoms. The lowest BCUT2D eigenvalue weighted by atomic mass is 10.2. The summed E-state index contributed by atoms with van der Waals surface area (Å²) in [5, 5.41) is 30.0. The Bertz CT molecular complexity index is 617. The van der Waals surface area contributed by atoms with Crippen LogP contribution in [0.4, 0.5) is 11.4 Å². The van der Waals surface area contributed by atoms with E-state index in [0.717, 1.165) is 0 Å². The van der Waals surface area contributed by atoms with E-state index in [0.29, 0.717) is 24.3 Å². The second kappa shape index (κ2) is 5.59. The van der Waals surface area contributed by atoms with E-state index in [2.05, 4.69) is 15.6 Å². The van der Waals surface area contributed by atoms with E-state index in [9.17, 15) is 10.1 Å². The van der Waals surface area contributed by atoms with Crippen LogP contribution in [0.3, 0.4) is 0 Å². The second-order valence-electron chi connectivity index (χ2n) is 3.69. The maximum absolute atomic E-state index is 10.9. The highest BCUT2D eigenvalue weighted by Gasteiger charge is 2.13. The number of nitrogens with one attached hydrogen (secondary N) is 1. The van der Waals surface area contributed by atoms with E-state index in [1.165, 1.54) is 18.2 Å². The number of hydrogen-bond donors (Lipinski definition) is 1. The monoisotopic (exact) mass is 258 g/mol. The van der Waals surface area contributed by atoms with Crippen LogP contribution in [-0.4, -0.2) is 26.5 Å². The Morgan fingerprint density at radius 3 is 3.00 bits per heavy atom. The fraction of sp³-hybridized carbons (Fsp3) is 0.182. The van der Waals surface area contributed by atoms with Crippen LogP contribution >= 0.6 is 0 Å². The van der Waals surface area contributed by atoms with Gasteiger partial charge in [-0.2, -0.15) is 5.26 Å². The maximum Gasteiger partial charge on any atom is 0.292 e. The molecule has 0 aliphatic heterocycles. The zero-order chi connectivity index (χ0) is 13.7. The minimum absolute atomic E-state index is 0.0578. The average molecular weight is 258 g/mol. The smallest absolute Gasteiger partial charge is 0.292 e. The maximum atomic E-state index is 10.9. The molecule has 2 rings (SSSR count). The third-order valence-electron chi connectivity index (χ3n) is 2.45. The van der Waals surface area contributed by atoms with Crippen LogP contribution in [0.2, 0.25) is 0 Å². The Balaban J connectivity index is 2.09. The molecule has 0 atom stereocenters. The van der Waals surface area contributed by atoms with Crippen LogP contribution in [0.25, 0.3) is 0 Å². The Morgan fingerprint density at radius 1 is 1.53 bits per heavy atom. The second-order valence-corrected chi connectivity index (χ2v) is 3.69. The minimum Gasteiger partial charge on any atom is -0.378 e. The van der Waals surface area contributed by atoms with Crippen molar-refractivity contribution in [2.24, 2.45) is 0 Å². The largest absolute Gasteiger partial charge is 0.378 e. The van der Waals surface area contributed by atoms with Gasteiger partial charge in [-0.3, -0.25) is 14.8 Å². The number of nitro benzene ring substituents is 1. The molecular formula is C11H10N6O2. The molecule has 0 amide bonds. The van der Waals surface area contributed by atoms with Gasteiger partial charge in [0.15, 0.2) is 0 Å². The van der Waals surface area contributed by atoms with Crippen molar-refractivity contribution in [3.8, 4) is 6.07 Å². The van der Waals surface area contributed by atoms with Crippen molar-refractivity contribution in [3.05, 3.63) is 46.3 Å². The molecular weight excluding hydrogens is 248 g/mol. The number of anilines is 1. The highest BCUT2D eigenvalue weighted by Crippen LogP contribution is 2.24. The minimum atomic E-state index is -0.487. The van der Waals surface area contributed by atoms with Gasteiger partial charge in [0, 0.05) is 18.8 Å². The summed E-state index contributed by atoms with van der Waals surface area (Å²) in [6, 6.07) is 6.14. The van der Waals surface area contributed by atoms with Gasteiger partial charge in [-0.05, 0) is 12.1 Å². The van der Waals surface area contributed by atoms with E-state index < -0.39 is 4.92 Å². The van der Waals surface area contributed by atoms with Gasteiger partial charge in [0.1, 0.15) is 5.69 Å². The molecule has 0 saturated carbocycles. The predicted molar refractivity (Wildman–Crippen MR) is 66.3 cm³/mol. The number of benzene rings is 1. The Kier molecular flexibility index (Phi) is 3.68. The van der Waals surface area contributed by atoms with Crippen LogP contribution in [0.5, 0.6) is 0 Å². The van der Waals surface area contributed by atoms with E-state index in [1.807, 2.05) is 6.07 Å². The van der Waals surface area contributed by atoms with Gasteiger partial charge in [0.25, 0.3) is 5.69 Å². The lowest BCUT2D eigenvalue weighted by Crippen LogP contribution is -2.12. The molecule has 0 spiro atoms. The van der Waals surface area contributed by atoms with Crippen LogP contribution in [0.15, 0.2) is 30.6 Å². The standard InChI is InChI=1S/C11H10N6O2/c12-8-9-1-2-11(17(18)19)10(7-9)13-3-5-16-6-4-14-15-16/h1-2,4,6-7,13H,3,5H2. The summed E-state index contributed by atoms with van der Waals surface area (Å²) in [5.74, 6) is 0. The summed E-state index contributed by atoms with van der Waals surface area (Å²) in [7, 11) is 0. The first-order valence-electron chi connectivity index (χ1n) is 5.47. The van der Waals surface area contributed by atoms with Crippen molar-refractivity contribution < 1.29 is 4.92 Å². The lowest BCUT2D eigenvalue weighted by Gasteiger charge is -2.07. The average Bonchev–Trinajstić information content (AvgIpc) is 2.91. The number of rotatable bonds is 5. The SMILES string of the molecule is N#Cc1ccc([N+](=O)[O-])c(NCCn2ccnn2)c1. The van der Waals surface area contributed by atoms with Crippen molar-refractivity contribution in [3.63, 3.8) is 0 Å². The van der Waals surface area contributed by atoms with E-state index >= 15 is 0 Å². The Labute approximate surface area is 108 Å². The summed E-state index contributed by atoms with van der Waals surface area (Å²) in [6.07, 6.45) is 3.25. The molecule has 1 N–H and O–H groups in total.